The summed E-state index contributed by atoms with van der Waals surface area (Å²) >= 11 is 2.07. The van der Waals surface area contributed by atoms with Gasteiger partial charge in [0.1, 0.15) is 0 Å². The largest absolute Gasteiger partial charge is 0.434 e. The maximum absolute atomic E-state index is 8.84. The molecule has 0 saturated carbocycles. The summed E-state index contributed by atoms with van der Waals surface area (Å²) < 4.78 is 6.41. The molecule has 0 aliphatic rings. The molecule has 1 aromatic carbocycles. The molecule has 0 amide bonds. The van der Waals surface area contributed by atoms with Crippen molar-refractivity contribution in [3.8, 4) is 17.7 Å². The number of rotatable bonds is 2. The summed E-state index contributed by atoms with van der Waals surface area (Å²) in [5.74, 6) is 0.907. The predicted octanol–water partition coefficient (Wildman–Crippen LogP) is 2.64. The van der Waals surface area contributed by atoms with Crippen LogP contribution in [-0.2, 0) is 0 Å². The Balaban J connectivity index is 2.42. The summed E-state index contributed by atoms with van der Waals surface area (Å²) in [6.07, 6.45) is 3.14. The monoisotopic (exact) mass is 352 g/mol. The van der Waals surface area contributed by atoms with Gasteiger partial charge in [0.15, 0.2) is 5.75 Å². The van der Waals surface area contributed by atoms with Crippen molar-refractivity contribution in [3.63, 3.8) is 0 Å². The fourth-order valence-corrected chi connectivity index (χ4v) is 2.14. The van der Waals surface area contributed by atoms with Crippen LogP contribution in [0.5, 0.6) is 11.6 Å². The van der Waals surface area contributed by atoms with Crippen molar-refractivity contribution in [2.24, 2.45) is 0 Å². The molecule has 0 bridgehead atoms. The van der Waals surface area contributed by atoms with E-state index in [0.717, 1.165) is 3.57 Å². The molecule has 5 nitrogen and oxygen atoms in total. The second-order valence-electron chi connectivity index (χ2n) is 3.54. The Morgan fingerprint density at radius 3 is 2.67 bits per heavy atom. The average molecular weight is 352 g/mol. The van der Waals surface area contributed by atoms with Crippen molar-refractivity contribution >= 4 is 28.3 Å². The molecule has 2 N–H and O–H groups in total. The Bertz CT molecular complexity index is 613. The molecule has 2 aromatic rings. The normalized spacial score (nSPS) is 9.83. The molecule has 0 aliphatic carbocycles. The van der Waals surface area contributed by atoms with Crippen LogP contribution in [0.25, 0.3) is 0 Å². The molecule has 1 heterocycles. The number of aromatic nitrogens is 2. The molecular formula is C12H9IN4O. The second kappa shape index (κ2) is 5.18. The molecular weight excluding hydrogens is 343 g/mol. The number of ether oxygens (including phenoxy) is 1. The lowest BCUT2D eigenvalue weighted by Gasteiger charge is -2.11. The molecule has 0 spiro atoms. The van der Waals surface area contributed by atoms with Crippen LogP contribution in [0.3, 0.4) is 0 Å². The van der Waals surface area contributed by atoms with Crippen molar-refractivity contribution in [1.29, 1.82) is 5.26 Å². The molecule has 0 atom stereocenters. The minimum absolute atomic E-state index is 0.406. The first-order valence-electron chi connectivity index (χ1n) is 5.06. The van der Waals surface area contributed by atoms with Crippen LogP contribution in [0, 0.1) is 21.8 Å². The molecule has 2 rings (SSSR count). The minimum atomic E-state index is 0.406. The minimum Gasteiger partial charge on any atom is -0.434 e. The van der Waals surface area contributed by atoms with E-state index in [1.54, 1.807) is 31.5 Å². The molecule has 0 radical (unpaired) electrons. The molecule has 90 valence electrons. The Morgan fingerprint density at radius 2 is 2.06 bits per heavy atom. The molecule has 0 aliphatic heterocycles. The van der Waals surface area contributed by atoms with Gasteiger partial charge in [-0.25, -0.2) is 4.98 Å². The molecule has 0 saturated heterocycles. The smallest absolute Gasteiger partial charge is 0.240 e. The number of nitrogens with two attached hydrogens (primary N) is 1. The summed E-state index contributed by atoms with van der Waals surface area (Å²) in [5.41, 5.74) is 7.45. The van der Waals surface area contributed by atoms with E-state index >= 15 is 0 Å². The number of halogens is 1. The van der Waals surface area contributed by atoms with Crippen molar-refractivity contribution in [2.45, 2.75) is 6.92 Å². The Kier molecular flexibility index (Phi) is 3.62. The fourth-order valence-electron chi connectivity index (χ4n) is 1.38. The Labute approximate surface area is 118 Å². The first-order valence-corrected chi connectivity index (χ1v) is 6.14. The van der Waals surface area contributed by atoms with Gasteiger partial charge in [-0.3, -0.25) is 4.98 Å². The van der Waals surface area contributed by atoms with Crippen molar-refractivity contribution < 1.29 is 4.74 Å². The molecule has 0 fully saturated rings. The van der Waals surface area contributed by atoms with Gasteiger partial charge in [0, 0.05) is 12.4 Å². The second-order valence-corrected chi connectivity index (χ2v) is 4.70. The van der Waals surface area contributed by atoms with Gasteiger partial charge in [0.05, 0.1) is 26.6 Å². The molecule has 1 aromatic heterocycles. The van der Waals surface area contributed by atoms with Gasteiger partial charge in [-0.1, -0.05) is 0 Å². The zero-order valence-electron chi connectivity index (χ0n) is 9.51. The Hall–Kier alpha value is -1.88. The third kappa shape index (κ3) is 2.51. The molecule has 6 heteroatoms. The standard InChI is InChI=1S/C12H9IN4O/c1-7-12(17-3-2-16-7)18-11-9(13)4-8(6-14)5-10(11)15/h2-5H,15H2,1H3. The first-order chi connectivity index (χ1) is 8.61. The molecule has 18 heavy (non-hydrogen) atoms. The third-order valence-corrected chi connectivity index (χ3v) is 3.04. The number of nitrogens with zero attached hydrogens (tertiary/aromatic N) is 3. The topological polar surface area (TPSA) is 84.8 Å². The number of nitrogen functional groups attached to an aromatic ring is 1. The van der Waals surface area contributed by atoms with Gasteiger partial charge >= 0.3 is 0 Å². The van der Waals surface area contributed by atoms with E-state index in [2.05, 4.69) is 32.6 Å². The van der Waals surface area contributed by atoms with E-state index in [9.17, 15) is 0 Å². The number of hydrogen-bond donors (Lipinski definition) is 1. The first kappa shape index (κ1) is 12.6. The van der Waals surface area contributed by atoms with Gasteiger partial charge in [-0.15, -0.1) is 0 Å². The van der Waals surface area contributed by atoms with Crippen molar-refractivity contribution in [3.05, 3.63) is 39.4 Å². The van der Waals surface area contributed by atoms with Gasteiger partial charge in [0.25, 0.3) is 0 Å². The summed E-state index contributed by atoms with van der Waals surface area (Å²) in [5, 5.41) is 8.84. The maximum atomic E-state index is 8.84. The van der Waals surface area contributed by atoms with E-state index in [1.165, 1.54) is 0 Å². The zero-order valence-corrected chi connectivity index (χ0v) is 11.7. The van der Waals surface area contributed by atoms with E-state index in [4.69, 9.17) is 15.7 Å². The van der Waals surface area contributed by atoms with Crippen LogP contribution in [0.2, 0.25) is 0 Å². The van der Waals surface area contributed by atoms with Crippen LogP contribution in [0.4, 0.5) is 5.69 Å². The summed E-state index contributed by atoms with van der Waals surface area (Å²) in [6, 6.07) is 5.32. The summed E-state index contributed by atoms with van der Waals surface area (Å²) in [7, 11) is 0. The zero-order chi connectivity index (χ0) is 13.1. The van der Waals surface area contributed by atoms with Gasteiger partial charge < -0.3 is 10.5 Å². The lowest BCUT2D eigenvalue weighted by Crippen LogP contribution is -1.99. The fraction of sp³-hybridized carbons (Fsp3) is 0.0833. The lowest BCUT2D eigenvalue weighted by molar-refractivity contribution is 0.454. The van der Waals surface area contributed by atoms with Crippen LogP contribution in [0.15, 0.2) is 24.5 Å². The van der Waals surface area contributed by atoms with E-state index in [-0.39, 0.29) is 0 Å². The van der Waals surface area contributed by atoms with E-state index < -0.39 is 0 Å². The van der Waals surface area contributed by atoms with Crippen molar-refractivity contribution in [1.82, 2.24) is 9.97 Å². The Morgan fingerprint density at radius 1 is 1.33 bits per heavy atom. The average Bonchev–Trinajstić information content (AvgIpc) is 2.35. The van der Waals surface area contributed by atoms with Gasteiger partial charge in [-0.05, 0) is 41.6 Å². The van der Waals surface area contributed by atoms with Crippen LogP contribution in [0.1, 0.15) is 11.3 Å². The SMILES string of the molecule is Cc1nccnc1Oc1c(N)cc(C#N)cc1I. The summed E-state index contributed by atoms with van der Waals surface area (Å²) in [4.78, 5) is 8.17. The van der Waals surface area contributed by atoms with Gasteiger partial charge in [-0.2, -0.15) is 5.26 Å². The van der Waals surface area contributed by atoms with E-state index in [1.807, 2.05) is 6.07 Å². The highest BCUT2D eigenvalue weighted by Gasteiger charge is 2.11. The van der Waals surface area contributed by atoms with Gasteiger partial charge in [0.2, 0.25) is 5.88 Å². The number of anilines is 1. The van der Waals surface area contributed by atoms with Crippen LogP contribution in [-0.4, -0.2) is 9.97 Å². The highest BCUT2D eigenvalue weighted by Crippen LogP contribution is 2.33. The number of aryl methyl sites for hydroxylation is 1. The highest BCUT2D eigenvalue weighted by atomic mass is 127. The maximum Gasteiger partial charge on any atom is 0.240 e. The number of nitriles is 1. The van der Waals surface area contributed by atoms with Crippen LogP contribution >= 0.6 is 22.6 Å². The van der Waals surface area contributed by atoms with Crippen LogP contribution < -0.4 is 10.5 Å². The predicted molar refractivity (Wildman–Crippen MR) is 75.1 cm³/mol. The lowest BCUT2D eigenvalue weighted by atomic mass is 10.2. The van der Waals surface area contributed by atoms with Crippen molar-refractivity contribution in [2.75, 3.05) is 5.73 Å². The quantitative estimate of drug-likeness (QED) is 0.664. The number of benzene rings is 1. The number of hydrogen-bond acceptors (Lipinski definition) is 5. The molecule has 0 unspecified atom stereocenters. The van der Waals surface area contributed by atoms with E-state index in [0.29, 0.717) is 28.6 Å². The third-order valence-electron chi connectivity index (χ3n) is 2.24. The highest BCUT2D eigenvalue weighted by molar-refractivity contribution is 14.1. The summed E-state index contributed by atoms with van der Waals surface area (Å²) in [6.45, 7) is 1.80.